The van der Waals surface area contributed by atoms with Crippen molar-refractivity contribution < 1.29 is 9.47 Å². The summed E-state index contributed by atoms with van der Waals surface area (Å²) in [6.45, 7) is 3.28. The van der Waals surface area contributed by atoms with Crippen LogP contribution in [0.5, 0.6) is 5.75 Å². The Morgan fingerprint density at radius 1 is 1.22 bits per heavy atom. The summed E-state index contributed by atoms with van der Waals surface area (Å²) in [5, 5.41) is 3.32. The van der Waals surface area contributed by atoms with Crippen molar-refractivity contribution >= 4 is 0 Å². The fourth-order valence-corrected chi connectivity index (χ4v) is 2.72. The molecular formula is C15H21NO2. The number of aryl methyl sites for hydroxylation is 2. The molecule has 1 aliphatic heterocycles. The fraction of sp³-hybridized carbons (Fsp3) is 0.600. The van der Waals surface area contributed by atoms with Crippen molar-refractivity contribution in [2.24, 2.45) is 0 Å². The van der Waals surface area contributed by atoms with Gasteiger partial charge in [0, 0.05) is 13.1 Å². The maximum Gasteiger partial charge on any atom is 0.119 e. The summed E-state index contributed by atoms with van der Waals surface area (Å²) in [5.74, 6) is 0.991. The number of benzene rings is 1. The highest BCUT2D eigenvalue weighted by Crippen LogP contribution is 2.25. The van der Waals surface area contributed by atoms with Crippen molar-refractivity contribution in [1.29, 1.82) is 0 Å². The van der Waals surface area contributed by atoms with Crippen LogP contribution in [-0.4, -0.2) is 32.4 Å². The van der Waals surface area contributed by atoms with Gasteiger partial charge in [-0.1, -0.05) is 6.07 Å². The normalized spacial score (nSPS) is 23.4. The van der Waals surface area contributed by atoms with Crippen LogP contribution in [0.15, 0.2) is 18.2 Å². The Morgan fingerprint density at radius 3 is 2.94 bits per heavy atom. The van der Waals surface area contributed by atoms with Crippen LogP contribution in [0.1, 0.15) is 24.0 Å². The van der Waals surface area contributed by atoms with E-state index < -0.39 is 0 Å². The topological polar surface area (TPSA) is 30.5 Å². The maximum atomic E-state index is 5.85. The van der Waals surface area contributed by atoms with Crippen molar-refractivity contribution in [2.75, 3.05) is 26.3 Å². The maximum absolute atomic E-state index is 5.85. The first-order chi connectivity index (χ1) is 8.92. The Hall–Kier alpha value is -1.06. The van der Waals surface area contributed by atoms with Crippen molar-refractivity contribution in [3.63, 3.8) is 0 Å². The van der Waals surface area contributed by atoms with E-state index in [0.717, 1.165) is 25.4 Å². The third kappa shape index (κ3) is 2.85. The summed E-state index contributed by atoms with van der Waals surface area (Å²) in [6.07, 6.45) is 5.26. The molecule has 3 rings (SSSR count). The molecule has 0 bridgehead atoms. The zero-order valence-electron chi connectivity index (χ0n) is 10.8. The van der Waals surface area contributed by atoms with Crippen molar-refractivity contribution in [1.82, 2.24) is 5.32 Å². The van der Waals surface area contributed by atoms with Gasteiger partial charge in [0.05, 0.1) is 6.61 Å². The van der Waals surface area contributed by atoms with Gasteiger partial charge in [0.25, 0.3) is 0 Å². The number of hydrogen-bond donors (Lipinski definition) is 1. The molecule has 1 N–H and O–H groups in total. The molecule has 0 spiro atoms. The van der Waals surface area contributed by atoms with Gasteiger partial charge in [-0.25, -0.2) is 0 Å². The molecule has 1 atom stereocenters. The monoisotopic (exact) mass is 247 g/mol. The number of rotatable bonds is 3. The van der Waals surface area contributed by atoms with E-state index in [0.29, 0.717) is 6.61 Å². The smallest absolute Gasteiger partial charge is 0.119 e. The van der Waals surface area contributed by atoms with Crippen LogP contribution >= 0.6 is 0 Å². The SMILES string of the molecule is c1cc2c(cc1OCC1CNCCO1)CCCC2. The molecule has 1 aliphatic carbocycles. The summed E-state index contributed by atoms with van der Waals surface area (Å²) < 4.78 is 11.5. The molecule has 0 radical (unpaired) electrons. The molecule has 1 fully saturated rings. The van der Waals surface area contributed by atoms with Crippen LogP contribution in [-0.2, 0) is 17.6 Å². The number of ether oxygens (including phenoxy) is 2. The highest BCUT2D eigenvalue weighted by molar-refractivity contribution is 5.37. The molecule has 0 aromatic heterocycles. The predicted molar refractivity (Wildman–Crippen MR) is 71.2 cm³/mol. The summed E-state index contributed by atoms with van der Waals surface area (Å²) in [5.41, 5.74) is 2.98. The van der Waals surface area contributed by atoms with E-state index in [4.69, 9.17) is 9.47 Å². The van der Waals surface area contributed by atoms with E-state index in [-0.39, 0.29) is 6.10 Å². The molecule has 2 aliphatic rings. The largest absolute Gasteiger partial charge is 0.491 e. The first-order valence-electron chi connectivity index (χ1n) is 6.99. The van der Waals surface area contributed by atoms with Crippen LogP contribution < -0.4 is 10.1 Å². The van der Waals surface area contributed by atoms with Gasteiger partial charge in [-0.15, -0.1) is 0 Å². The standard InChI is InChI=1S/C15H21NO2/c1-2-4-13-9-14(6-5-12(13)3-1)18-11-15-10-16-7-8-17-15/h5-6,9,15-16H,1-4,7-8,10-11H2. The highest BCUT2D eigenvalue weighted by atomic mass is 16.5. The molecule has 3 heteroatoms. The summed E-state index contributed by atoms with van der Waals surface area (Å²) in [4.78, 5) is 0. The molecule has 98 valence electrons. The first kappa shape index (κ1) is 12.0. The lowest BCUT2D eigenvalue weighted by molar-refractivity contribution is 0.000175. The zero-order chi connectivity index (χ0) is 12.2. The van der Waals surface area contributed by atoms with E-state index in [2.05, 4.69) is 23.5 Å². The van der Waals surface area contributed by atoms with Crippen LogP contribution in [0.4, 0.5) is 0 Å². The molecule has 1 heterocycles. The van der Waals surface area contributed by atoms with Gasteiger partial charge in [0.2, 0.25) is 0 Å². The van der Waals surface area contributed by atoms with E-state index >= 15 is 0 Å². The van der Waals surface area contributed by atoms with Gasteiger partial charge in [0.1, 0.15) is 18.5 Å². The van der Waals surface area contributed by atoms with Crippen molar-refractivity contribution in [3.8, 4) is 5.75 Å². The average Bonchev–Trinajstić information content (AvgIpc) is 2.46. The fourth-order valence-electron chi connectivity index (χ4n) is 2.72. The van der Waals surface area contributed by atoms with Gasteiger partial charge >= 0.3 is 0 Å². The lowest BCUT2D eigenvalue weighted by Crippen LogP contribution is -2.41. The minimum Gasteiger partial charge on any atom is -0.491 e. The summed E-state index contributed by atoms with van der Waals surface area (Å²) in [7, 11) is 0. The van der Waals surface area contributed by atoms with Crippen LogP contribution in [0, 0.1) is 0 Å². The van der Waals surface area contributed by atoms with Crippen molar-refractivity contribution in [3.05, 3.63) is 29.3 Å². The molecule has 18 heavy (non-hydrogen) atoms. The van der Waals surface area contributed by atoms with Crippen LogP contribution in [0.3, 0.4) is 0 Å². The Morgan fingerprint density at radius 2 is 2.11 bits per heavy atom. The summed E-state index contributed by atoms with van der Waals surface area (Å²) in [6, 6.07) is 6.54. The van der Waals surface area contributed by atoms with Crippen LogP contribution in [0.2, 0.25) is 0 Å². The molecule has 1 saturated heterocycles. The molecule has 1 unspecified atom stereocenters. The molecule has 0 saturated carbocycles. The average molecular weight is 247 g/mol. The predicted octanol–water partition coefficient (Wildman–Crippen LogP) is 1.93. The van der Waals surface area contributed by atoms with Gasteiger partial charge < -0.3 is 14.8 Å². The molecule has 1 aromatic carbocycles. The van der Waals surface area contributed by atoms with E-state index in [1.165, 1.54) is 36.8 Å². The van der Waals surface area contributed by atoms with E-state index in [9.17, 15) is 0 Å². The Kier molecular flexibility index (Phi) is 3.81. The highest BCUT2D eigenvalue weighted by Gasteiger charge is 2.15. The first-order valence-corrected chi connectivity index (χ1v) is 6.99. The Labute approximate surface area is 108 Å². The van der Waals surface area contributed by atoms with Gasteiger partial charge in [-0.3, -0.25) is 0 Å². The lowest BCUT2D eigenvalue weighted by atomic mass is 9.92. The number of hydrogen-bond acceptors (Lipinski definition) is 3. The Bertz CT molecular complexity index is 399. The third-order valence-corrected chi connectivity index (χ3v) is 3.76. The Balaban J connectivity index is 1.58. The van der Waals surface area contributed by atoms with Crippen LogP contribution in [0.25, 0.3) is 0 Å². The van der Waals surface area contributed by atoms with E-state index in [1.54, 1.807) is 0 Å². The number of fused-ring (bicyclic) bond motifs is 1. The third-order valence-electron chi connectivity index (χ3n) is 3.76. The van der Waals surface area contributed by atoms with Gasteiger partial charge in [-0.2, -0.15) is 0 Å². The van der Waals surface area contributed by atoms with E-state index in [1.807, 2.05) is 0 Å². The van der Waals surface area contributed by atoms with Crippen molar-refractivity contribution in [2.45, 2.75) is 31.8 Å². The van der Waals surface area contributed by atoms with Gasteiger partial charge in [-0.05, 0) is 48.9 Å². The second-order valence-corrected chi connectivity index (χ2v) is 5.15. The molecular weight excluding hydrogens is 226 g/mol. The minimum atomic E-state index is 0.190. The summed E-state index contributed by atoms with van der Waals surface area (Å²) >= 11 is 0. The van der Waals surface area contributed by atoms with Gasteiger partial charge in [0.15, 0.2) is 0 Å². The zero-order valence-corrected chi connectivity index (χ0v) is 10.8. The lowest BCUT2D eigenvalue weighted by Gasteiger charge is -2.24. The number of morpholine rings is 1. The molecule has 3 nitrogen and oxygen atoms in total. The quantitative estimate of drug-likeness (QED) is 0.885. The second kappa shape index (κ2) is 5.72. The second-order valence-electron chi connectivity index (χ2n) is 5.15. The minimum absolute atomic E-state index is 0.190. The number of nitrogens with one attached hydrogen (secondary N) is 1. The molecule has 0 amide bonds. The molecule has 1 aromatic rings.